The lowest BCUT2D eigenvalue weighted by Crippen LogP contribution is -2.36. The van der Waals surface area contributed by atoms with Gasteiger partial charge in [-0.3, -0.25) is 13.9 Å². The lowest BCUT2D eigenvalue weighted by Gasteiger charge is -2.22. The van der Waals surface area contributed by atoms with Crippen LogP contribution in [0, 0.1) is 0 Å². The first-order chi connectivity index (χ1) is 14.3. The zero-order chi connectivity index (χ0) is 21.5. The number of imidazole rings is 1. The summed E-state index contributed by atoms with van der Waals surface area (Å²) in [7, 11) is -0.962. The molecule has 0 radical (unpaired) electrons. The Morgan fingerprint density at radius 1 is 0.967 bits per heavy atom. The number of sulfonamides is 1. The Labute approximate surface area is 177 Å². The summed E-state index contributed by atoms with van der Waals surface area (Å²) in [4.78, 5) is 25.6. The van der Waals surface area contributed by atoms with Crippen molar-refractivity contribution in [3.63, 3.8) is 0 Å². The summed E-state index contributed by atoms with van der Waals surface area (Å²) in [5.74, 6) is -0.587. The van der Waals surface area contributed by atoms with Crippen LogP contribution >= 0.6 is 11.3 Å². The quantitative estimate of drug-likeness (QED) is 0.477. The van der Waals surface area contributed by atoms with E-state index in [1.165, 1.54) is 32.6 Å². The van der Waals surface area contributed by atoms with Gasteiger partial charge in [-0.25, -0.2) is 17.5 Å². The van der Waals surface area contributed by atoms with Gasteiger partial charge in [-0.15, -0.1) is 11.3 Å². The van der Waals surface area contributed by atoms with Gasteiger partial charge in [-0.1, -0.05) is 36.4 Å². The third-order valence-corrected chi connectivity index (χ3v) is 7.54. The number of aryl methyl sites for hydroxylation is 2. The van der Waals surface area contributed by atoms with E-state index in [2.05, 4.69) is 0 Å². The second-order valence-electron chi connectivity index (χ2n) is 6.83. The second-order valence-corrected chi connectivity index (χ2v) is 9.64. The molecule has 2 heterocycles. The maximum absolute atomic E-state index is 13.5. The van der Waals surface area contributed by atoms with Crippen molar-refractivity contribution in [3.05, 3.63) is 87.0 Å². The van der Waals surface area contributed by atoms with Crippen molar-refractivity contribution in [1.29, 1.82) is 0 Å². The number of thiophene rings is 1. The predicted octanol–water partition coefficient (Wildman–Crippen LogP) is 2.97. The average Bonchev–Trinajstić information content (AvgIpc) is 3.36. The second kappa shape index (κ2) is 7.58. The molecule has 0 unspecified atom stereocenters. The van der Waals surface area contributed by atoms with Gasteiger partial charge in [0.1, 0.15) is 0 Å². The maximum atomic E-state index is 13.5. The SMILES string of the molecule is Cn1c(=O)n(C)c2cc(S(=O)(=O)N(Cc3ccccc3)C(=O)c3cccs3)ccc21. The van der Waals surface area contributed by atoms with Crippen molar-refractivity contribution >= 4 is 38.3 Å². The van der Waals surface area contributed by atoms with Crippen LogP contribution in [-0.4, -0.2) is 27.8 Å². The Morgan fingerprint density at radius 3 is 2.33 bits per heavy atom. The van der Waals surface area contributed by atoms with Crippen molar-refractivity contribution in [2.75, 3.05) is 0 Å². The molecule has 1 amide bonds. The largest absolute Gasteiger partial charge is 0.328 e. The van der Waals surface area contributed by atoms with E-state index in [4.69, 9.17) is 0 Å². The molecular weight excluding hydrogens is 422 g/mol. The van der Waals surface area contributed by atoms with E-state index in [-0.39, 0.29) is 17.1 Å². The standard InChI is InChI=1S/C21H19N3O4S2/c1-22-17-11-10-16(13-18(17)23(2)21(22)26)30(27,28)24(14-15-7-4-3-5-8-15)20(25)19-9-6-12-29-19/h3-13H,14H2,1-2H3. The van der Waals surface area contributed by atoms with E-state index >= 15 is 0 Å². The number of carbonyl (C=O) groups is 1. The van der Waals surface area contributed by atoms with E-state index in [0.717, 1.165) is 4.31 Å². The molecule has 0 saturated heterocycles. The van der Waals surface area contributed by atoms with Crippen LogP contribution in [0.5, 0.6) is 0 Å². The summed E-state index contributed by atoms with van der Waals surface area (Å²) >= 11 is 1.19. The summed E-state index contributed by atoms with van der Waals surface area (Å²) in [5.41, 5.74) is 1.53. The topological polar surface area (TPSA) is 81.4 Å². The Balaban J connectivity index is 1.84. The Kier molecular flexibility index (Phi) is 5.08. The number of fused-ring (bicyclic) bond motifs is 1. The molecule has 0 spiro atoms. The fraction of sp³-hybridized carbons (Fsp3) is 0.143. The number of nitrogens with zero attached hydrogens (tertiary/aromatic N) is 3. The molecule has 0 atom stereocenters. The molecule has 30 heavy (non-hydrogen) atoms. The number of hydrogen-bond donors (Lipinski definition) is 0. The summed E-state index contributed by atoms with van der Waals surface area (Å²) in [6, 6.07) is 16.7. The van der Waals surface area contributed by atoms with Crippen molar-refractivity contribution in [2.24, 2.45) is 14.1 Å². The van der Waals surface area contributed by atoms with E-state index in [1.807, 2.05) is 6.07 Å². The van der Waals surface area contributed by atoms with Crippen LogP contribution in [0.1, 0.15) is 15.2 Å². The van der Waals surface area contributed by atoms with Gasteiger partial charge in [0.05, 0.1) is 27.4 Å². The van der Waals surface area contributed by atoms with Crippen LogP contribution in [0.2, 0.25) is 0 Å². The normalized spacial score (nSPS) is 11.7. The van der Waals surface area contributed by atoms with Crippen molar-refractivity contribution in [1.82, 2.24) is 13.4 Å². The summed E-state index contributed by atoms with van der Waals surface area (Å²) in [5, 5.41) is 1.73. The molecule has 0 N–H and O–H groups in total. The van der Waals surface area contributed by atoms with Gasteiger partial charge < -0.3 is 0 Å². The highest BCUT2D eigenvalue weighted by Crippen LogP contribution is 2.25. The van der Waals surface area contributed by atoms with Crippen LogP contribution in [0.25, 0.3) is 11.0 Å². The number of hydrogen-bond acceptors (Lipinski definition) is 5. The third kappa shape index (κ3) is 3.35. The van der Waals surface area contributed by atoms with Crippen LogP contribution in [0.3, 0.4) is 0 Å². The van der Waals surface area contributed by atoms with Gasteiger partial charge in [0.25, 0.3) is 15.9 Å². The smallest absolute Gasteiger partial charge is 0.295 e. The number of rotatable bonds is 5. The number of aromatic nitrogens is 2. The number of carbonyl (C=O) groups excluding carboxylic acids is 1. The summed E-state index contributed by atoms with van der Waals surface area (Å²) in [6.07, 6.45) is 0. The highest BCUT2D eigenvalue weighted by molar-refractivity contribution is 7.89. The molecule has 4 aromatic rings. The molecule has 4 rings (SSSR count). The van der Waals surface area contributed by atoms with E-state index in [9.17, 15) is 18.0 Å². The fourth-order valence-electron chi connectivity index (χ4n) is 3.31. The molecule has 0 bridgehead atoms. The minimum Gasteiger partial charge on any atom is -0.295 e. The molecule has 0 aliphatic rings. The molecule has 7 nitrogen and oxygen atoms in total. The molecule has 0 aliphatic heterocycles. The minimum absolute atomic E-state index is 0.0444. The number of benzene rings is 2. The summed E-state index contributed by atoms with van der Waals surface area (Å²) in [6.45, 7) is -0.0916. The third-order valence-electron chi connectivity index (χ3n) is 4.96. The van der Waals surface area contributed by atoms with Gasteiger partial charge in [0.15, 0.2) is 0 Å². The van der Waals surface area contributed by atoms with Crippen LogP contribution in [-0.2, 0) is 30.7 Å². The van der Waals surface area contributed by atoms with E-state index < -0.39 is 15.9 Å². The Morgan fingerprint density at radius 2 is 1.67 bits per heavy atom. The molecule has 0 fully saturated rings. The van der Waals surface area contributed by atoms with E-state index in [1.54, 1.807) is 61.9 Å². The van der Waals surface area contributed by atoms with Crippen molar-refractivity contribution in [3.8, 4) is 0 Å². The van der Waals surface area contributed by atoms with Crippen molar-refractivity contribution in [2.45, 2.75) is 11.4 Å². The molecule has 9 heteroatoms. The van der Waals surface area contributed by atoms with Crippen LogP contribution < -0.4 is 5.69 Å². The van der Waals surface area contributed by atoms with Gasteiger partial charge in [0, 0.05) is 14.1 Å². The lowest BCUT2D eigenvalue weighted by atomic mass is 10.2. The first-order valence-electron chi connectivity index (χ1n) is 9.10. The lowest BCUT2D eigenvalue weighted by molar-refractivity contribution is 0.0859. The zero-order valence-electron chi connectivity index (χ0n) is 16.3. The fourth-order valence-corrected chi connectivity index (χ4v) is 5.43. The molecule has 0 saturated carbocycles. The minimum atomic E-state index is -4.17. The monoisotopic (exact) mass is 441 g/mol. The predicted molar refractivity (Wildman–Crippen MR) is 116 cm³/mol. The maximum Gasteiger partial charge on any atom is 0.328 e. The van der Waals surface area contributed by atoms with Gasteiger partial charge >= 0.3 is 5.69 Å². The first-order valence-corrected chi connectivity index (χ1v) is 11.4. The number of amides is 1. The molecule has 2 aromatic carbocycles. The molecular formula is C21H19N3O4S2. The van der Waals surface area contributed by atoms with Crippen LogP contribution in [0.15, 0.2) is 75.7 Å². The van der Waals surface area contributed by atoms with Gasteiger partial charge in [-0.05, 0) is 35.2 Å². The average molecular weight is 442 g/mol. The van der Waals surface area contributed by atoms with Gasteiger partial charge in [-0.2, -0.15) is 0 Å². The molecule has 154 valence electrons. The Bertz CT molecular complexity index is 1390. The van der Waals surface area contributed by atoms with Crippen molar-refractivity contribution < 1.29 is 13.2 Å². The highest BCUT2D eigenvalue weighted by Gasteiger charge is 2.31. The molecule has 0 aliphatic carbocycles. The zero-order valence-corrected chi connectivity index (χ0v) is 18.0. The van der Waals surface area contributed by atoms with E-state index in [0.29, 0.717) is 21.5 Å². The Hall–Kier alpha value is -3.17. The first kappa shape index (κ1) is 20.1. The summed E-state index contributed by atoms with van der Waals surface area (Å²) < 4.78 is 30.8. The molecule has 2 aromatic heterocycles. The van der Waals surface area contributed by atoms with Crippen LogP contribution in [0.4, 0.5) is 0 Å². The highest BCUT2D eigenvalue weighted by atomic mass is 32.2. The van der Waals surface area contributed by atoms with Gasteiger partial charge in [0.2, 0.25) is 0 Å².